The summed E-state index contributed by atoms with van der Waals surface area (Å²) in [7, 11) is -3.90. The largest absolute Gasteiger partial charge is 0.493 e. The van der Waals surface area contributed by atoms with E-state index in [1.165, 1.54) is 23.9 Å². The van der Waals surface area contributed by atoms with Crippen LogP contribution in [0, 0.1) is 13.8 Å². The van der Waals surface area contributed by atoms with Crippen LogP contribution < -0.4 is 4.74 Å². The third-order valence-electron chi connectivity index (χ3n) is 4.04. The Kier molecular flexibility index (Phi) is 7.74. The Labute approximate surface area is 164 Å². The molecule has 146 valence electrons. The van der Waals surface area contributed by atoms with Crippen LogP contribution in [-0.2, 0) is 14.6 Å². The highest BCUT2D eigenvalue weighted by atomic mass is 32.2. The second kappa shape index (κ2) is 9.80. The van der Waals surface area contributed by atoms with E-state index in [0.717, 1.165) is 16.9 Å². The van der Waals surface area contributed by atoms with Crippen LogP contribution in [0.5, 0.6) is 5.75 Å². The second-order valence-electron chi connectivity index (χ2n) is 6.25. The van der Waals surface area contributed by atoms with Crippen molar-refractivity contribution in [3.8, 4) is 5.75 Å². The maximum Gasteiger partial charge on any atom is 0.322 e. The molecule has 0 heterocycles. The zero-order chi connectivity index (χ0) is 19.9. The van der Waals surface area contributed by atoms with Crippen LogP contribution in [-0.4, -0.2) is 42.9 Å². The van der Waals surface area contributed by atoms with E-state index in [2.05, 4.69) is 0 Å². The highest BCUT2D eigenvalue weighted by Crippen LogP contribution is 2.21. The van der Waals surface area contributed by atoms with Crippen molar-refractivity contribution in [2.75, 3.05) is 18.1 Å². The Morgan fingerprint density at radius 3 is 2.11 bits per heavy atom. The molecule has 1 unspecified atom stereocenters. The molecule has 0 bridgehead atoms. The van der Waals surface area contributed by atoms with Crippen molar-refractivity contribution in [1.29, 1.82) is 0 Å². The highest BCUT2D eigenvalue weighted by molar-refractivity contribution is 7.99. The Bertz CT molecular complexity index is 843. The van der Waals surface area contributed by atoms with E-state index < -0.39 is 21.1 Å². The van der Waals surface area contributed by atoms with Gasteiger partial charge in [0.1, 0.15) is 5.75 Å². The minimum Gasteiger partial charge on any atom is -0.493 e. The van der Waals surface area contributed by atoms with Crippen LogP contribution >= 0.6 is 11.8 Å². The van der Waals surface area contributed by atoms with Gasteiger partial charge in [-0.2, -0.15) is 11.8 Å². The molecule has 0 aliphatic carbocycles. The number of sulfone groups is 1. The summed E-state index contributed by atoms with van der Waals surface area (Å²) in [5.41, 5.74) is 2.08. The molecule has 0 radical (unpaired) electrons. The van der Waals surface area contributed by atoms with Gasteiger partial charge in [0.2, 0.25) is 0 Å². The second-order valence-corrected chi connectivity index (χ2v) is 9.60. The van der Waals surface area contributed by atoms with Crippen LogP contribution in [0.3, 0.4) is 0 Å². The molecule has 1 N–H and O–H groups in total. The number of carboxylic acids is 1. The first kappa shape index (κ1) is 21.3. The van der Waals surface area contributed by atoms with Gasteiger partial charge in [0, 0.05) is 5.75 Å². The number of hydrogen-bond donors (Lipinski definition) is 1. The lowest BCUT2D eigenvalue weighted by atomic mass is 10.2. The molecule has 0 aliphatic rings. The van der Waals surface area contributed by atoms with Gasteiger partial charge >= 0.3 is 5.97 Å². The van der Waals surface area contributed by atoms with Crippen molar-refractivity contribution in [2.24, 2.45) is 0 Å². The highest BCUT2D eigenvalue weighted by Gasteiger charge is 2.33. The molecule has 27 heavy (non-hydrogen) atoms. The molecule has 1 atom stereocenters. The van der Waals surface area contributed by atoms with Gasteiger partial charge in [0.05, 0.1) is 11.5 Å². The first-order valence-corrected chi connectivity index (χ1v) is 11.3. The molecule has 0 fully saturated rings. The zero-order valence-corrected chi connectivity index (χ0v) is 17.1. The van der Waals surface area contributed by atoms with Crippen molar-refractivity contribution in [2.45, 2.75) is 30.4 Å². The number of rotatable bonds is 10. The van der Waals surface area contributed by atoms with Gasteiger partial charge in [0.15, 0.2) is 15.1 Å². The number of carbonyl (C=O) groups is 1. The first-order chi connectivity index (χ1) is 12.8. The summed E-state index contributed by atoms with van der Waals surface area (Å²) in [5.74, 6) is 0.558. The normalized spacial score (nSPS) is 12.5. The Balaban J connectivity index is 1.83. The van der Waals surface area contributed by atoms with Crippen molar-refractivity contribution in [3.05, 3.63) is 59.7 Å². The lowest BCUT2D eigenvalue weighted by Gasteiger charge is -2.14. The molecule has 2 aromatic carbocycles. The molecule has 0 spiro atoms. The van der Waals surface area contributed by atoms with Crippen molar-refractivity contribution < 1.29 is 23.1 Å². The first-order valence-electron chi connectivity index (χ1n) is 8.61. The maximum absolute atomic E-state index is 12.6. The molecule has 2 rings (SSSR count). The quantitative estimate of drug-likeness (QED) is 0.603. The summed E-state index contributed by atoms with van der Waals surface area (Å²) < 4.78 is 30.8. The number of carboxylic acid groups (broad SMARTS) is 1. The SMILES string of the molecule is Cc1ccc(OCCSCCC(C(=O)O)S(=O)(=O)c2ccc(C)cc2)cc1. The molecule has 2 aromatic rings. The van der Waals surface area contributed by atoms with Gasteiger partial charge in [-0.25, -0.2) is 8.42 Å². The zero-order valence-electron chi connectivity index (χ0n) is 15.4. The minimum absolute atomic E-state index is 0.0493. The van der Waals surface area contributed by atoms with Crippen molar-refractivity contribution >= 4 is 27.6 Å². The molecule has 0 saturated carbocycles. The monoisotopic (exact) mass is 408 g/mol. The Morgan fingerprint density at radius 1 is 1.00 bits per heavy atom. The average Bonchev–Trinajstić information content (AvgIpc) is 2.62. The van der Waals surface area contributed by atoms with E-state index >= 15 is 0 Å². The van der Waals surface area contributed by atoms with Gasteiger partial charge in [-0.1, -0.05) is 35.4 Å². The van der Waals surface area contributed by atoms with Gasteiger partial charge in [-0.15, -0.1) is 0 Å². The van der Waals surface area contributed by atoms with E-state index in [9.17, 15) is 18.3 Å². The maximum atomic E-state index is 12.6. The lowest BCUT2D eigenvalue weighted by molar-refractivity contribution is -0.136. The molecular weight excluding hydrogens is 384 g/mol. The molecular formula is C20H24O5S2. The third-order valence-corrected chi connectivity index (χ3v) is 7.14. The number of thioether (sulfide) groups is 1. The average molecular weight is 409 g/mol. The fourth-order valence-electron chi connectivity index (χ4n) is 2.45. The van der Waals surface area contributed by atoms with E-state index in [1.54, 1.807) is 12.1 Å². The number of aliphatic carboxylic acids is 1. The number of ether oxygens (including phenoxy) is 1. The number of hydrogen-bond acceptors (Lipinski definition) is 5. The molecule has 0 aromatic heterocycles. The van der Waals surface area contributed by atoms with Gasteiger partial charge in [-0.05, 0) is 50.3 Å². The molecule has 7 heteroatoms. The van der Waals surface area contributed by atoms with E-state index in [-0.39, 0.29) is 11.3 Å². The predicted molar refractivity (Wildman–Crippen MR) is 108 cm³/mol. The summed E-state index contributed by atoms with van der Waals surface area (Å²) in [4.78, 5) is 11.6. The fourth-order valence-corrected chi connectivity index (χ4v) is 4.94. The van der Waals surface area contributed by atoms with Gasteiger partial charge in [0.25, 0.3) is 0 Å². The van der Waals surface area contributed by atoms with Crippen LogP contribution in [0.25, 0.3) is 0 Å². The third kappa shape index (κ3) is 6.29. The minimum atomic E-state index is -3.90. The summed E-state index contributed by atoms with van der Waals surface area (Å²) in [6, 6.07) is 14.0. The molecule has 0 aliphatic heterocycles. The summed E-state index contributed by atoms with van der Waals surface area (Å²) >= 11 is 1.48. The van der Waals surface area contributed by atoms with Crippen molar-refractivity contribution in [3.63, 3.8) is 0 Å². The molecule has 0 saturated heterocycles. The van der Waals surface area contributed by atoms with Crippen LogP contribution in [0.4, 0.5) is 0 Å². The molecule has 0 amide bonds. The Hall–Kier alpha value is -1.99. The van der Waals surface area contributed by atoms with Gasteiger partial charge in [-0.3, -0.25) is 4.79 Å². The molecule has 5 nitrogen and oxygen atoms in total. The Morgan fingerprint density at radius 2 is 1.56 bits per heavy atom. The van der Waals surface area contributed by atoms with E-state index in [4.69, 9.17) is 4.74 Å². The smallest absolute Gasteiger partial charge is 0.322 e. The fraction of sp³-hybridized carbons (Fsp3) is 0.350. The van der Waals surface area contributed by atoms with Crippen LogP contribution in [0.1, 0.15) is 17.5 Å². The summed E-state index contributed by atoms with van der Waals surface area (Å²) in [6.07, 6.45) is 0.0563. The topological polar surface area (TPSA) is 80.7 Å². The van der Waals surface area contributed by atoms with Crippen LogP contribution in [0.15, 0.2) is 53.4 Å². The lowest BCUT2D eigenvalue weighted by Crippen LogP contribution is -2.31. The van der Waals surface area contributed by atoms with E-state index in [1.807, 2.05) is 38.1 Å². The summed E-state index contributed by atoms with van der Waals surface area (Å²) in [5, 5.41) is 7.95. The summed E-state index contributed by atoms with van der Waals surface area (Å²) in [6.45, 7) is 4.33. The van der Waals surface area contributed by atoms with Crippen molar-refractivity contribution in [1.82, 2.24) is 0 Å². The van der Waals surface area contributed by atoms with Crippen LogP contribution in [0.2, 0.25) is 0 Å². The standard InChI is InChI=1S/C20H24O5S2/c1-15-3-7-17(8-4-15)25-12-14-26-13-11-19(20(21)22)27(23,24)18-9-5-16(2)6-10-18/h3-10,19H,11-14H2,1-2H3,(H,21,22). The predicted octanol–water partition coefficient (Wildman–Crippen LogP) is 3.73. The van der Waals surface area contributed by atoms with Gasteiger partial charge < -0.3 is 9.84 Å². The number of aryl methyl sites for hydroxylation is 2. The van der Waals surface area contributed by atoms with E-state index in [0.29, 0.717) is 18.1 Å². The number of benzene rings is 2.